The van der Waals surface area contributed by atoms with Crippen LogP contribution in [0.4, 0.5) is 0 Å². The third-order valence-corrected chi connectivity index (χ3v) is 5.67. The van der Waals surface area contributed by atoms with Crippen molar-refractivity contribution in [1.29, 1.82) is 0 Å². The minimum Gasteiger partial charge on any atom is -0.493 e. The van der Waals surface area contributed by atoms with Gasteiger partial charge in [0.1, 0.15) is 23.9 Å². The van der Waals surface area contributed by atoms with Gasteiger partial charge in [-0.1, -0.05) is 31.5 Å². The molecular weight excluding hydrogens is 414 g/mol. The van der Waals surface area contributed by atoms with Gasteiger partial charge in [-0.2, -0.15) is 0 Å². The lowest BCUT2D eigenvalue weighted by Crippen LogP contribution is -2.25. The Morgan fingerprint density at radius 2 is 1.90 bits per heavy atom. The van der Waals surface area contributed by atoms with Gasteiger partial charge >= 0.3 is 0 Å². The second-order valence-corrected chi connectivity index (χ2v) is 8.76. The average molecular weight is 442 g/mol. The Hall–Kier alpha value is -2.50. The molecule has 0 amide bonds. The van der Waals surface area contributed by atoms with Crippen LogP contribution in [0, 0.1) is 5.92 Å². The van der Waals surface area contributed by atoms with Gasteiger partial charge in [-0.05, 0) is 56.1 Å². The predicted molar refractivity (Wildman–Crippen MR) is 124 cm³/mol. The zero-order chi connectivity index (χ0) is 21.8. The van der Waals surface area contributed by atoms with Crippen molar-refractivity contribution in [2.24, 2.45) is 5.92 Å². The number of benzene rings is 2. The molecule has 0 radical (unpaired) electrons. The van der Waals surface area contributed by atoms with E-state index >= 15 is 0 Å². The van der Waals surface area contributed by atoms with E-state index in [0.29, 0.717) is 52.2 Å². The number of likely N-dealkylation sites (tertiary alicyclic amines) is 1. The molecule has 1 aromatic heterocycles. The van der Waals surface area contributed by atoms with E-state index in [0.717, 1.165) is 25.4 Å². The fraction of sp³-hybridized carbons (Fsp3) is 0.400. The first-order valence-corrected chi connectivity index (χ1v) is 11.2. The van der Waals surface area contributed by atoms with E-state index in [-0.39, 0.29) is 5.43 Å². The van der Waals surface area contributed by atoms with Crippen LogP contribution in [0.2, 0.25) is 5.02 Å². The highest BCUT2D eigenvalue weighted by molar-refractivity contribution is 6.34. The van der Waals surface area contributed by atoms with Gasteiger partial charge in [0.25, 0.3) is 0 Å². The van der Waals surface area contributed by atoms with Crippen molar-refractivity contribution in [3.63, 3.8) is 0 Å². The van der Waals surface area contributed by atoms with Crippen LogP contribution in [-0.2, 0) is 0 Å². The van der Waals surface area contributed by atoms with E-state index in [1.165, 1.54) is 18.9 Å². The molecule has 0 unspecified atom stereocenters. The van der Waals surface area contributed by atoms with Gasteiger partial charge in [0, 0.05) is 18.7 Å². The summed E-state index contributed by atoms with van der Waals surface area (Å²) in [7, 11) is 0. The molecule has 6 heteroatoms. The monoisotopic (exact) mass is 441 g/mol. The number of ether oxygens (including phenoxy) is 2. The van der Waals surface area contributed by atoms with E-state index in [9.17, 15) is 4.79 Å². The van der Waals surface area contributed by atoms with Gasteiger partial charge in [-0.15, -0.1) is 0 Å². The van der Waals surface area contributed by atoms with Crippen LogP contribution in [-0.4, -0.2) is 37.7 Å². The highest BCUT2D eigenvalue weighted by atomic mass is 35.5. The van der Waals surface area contributed by atoms with Crippen molar-refractivity contribution in [2.75, 3.05) is 32.8 Å². The Morgan fingerprint density at radius 3 is 2.68 bits per heavy atom. The standard InChI is InChI=1S/C25H28ClNO4/c1-17(2)16-30-18-8-9-20(23(14-18)29-13-12-27-10-3-4-11-27)24-15-22(28)19-6-5-7-21(26)25(19)31-24/h5-9,14-15,17H,3-4,10-13,16H2,1-2H3. The summed E-state index contributed by atoms with van der Waals surface area (Å²) in [5, 5.41) is 0.870. The number of rotatable bonds is 8. The summed E-state index contributed by atoms with van der Waals surface area (Å²) in [6, 6.07) is 12.3. The quantitative estimate of drug-likeness (QED) is 0.454. The van der Waals surface area contributed by atoms with E-state index in [1.807, 2.05) is 18.2 Å². The number of hydrogen-bond acceptors (Lipinski definition) is 5. The second kappa shape index (κ2) is 9.75. The highest BCUT2D eigenvalue weighted by Crippen LogP contribution is 2.35. The molecular formula is C25H28ClNO4. The van der Waals surface area contributed by atoms with Gasteiger partial charge in [-0.3, -0.25) is 9.69 Å². The van der Waals surface area contributed by atoms with E-state index in [2.05, 4.69) is 18.7 Å². The molecule has 5 nitrogen and oxygen atoms in total. The zero-order valence-electron chi connectivity index (χ0n) is 18.0. The van der Waals surface area contributed by atoms with Crippen LogP contribution in [0.3, 0.4) is 0 Å². The third kappa shape index (κ3) is 5.23. The lowest BCUT2D eigenvalue weighted by atomic mass is 10.1. The van der Waals surface area contributed by atoms with Gasteiger partial charge in [0.05, 0.1) is 22.6 Å². The van der Waals surface area contributed by atoms with Crippen molar-refractivity contribution in [3.05, 3.63) is 57.7 Å². The summed E-state index contributed by atoms with van der Waals surface area (Å²) in [5.74, 6) is 2.21. The van der Waals surface area contributed by atoms with Crippen LogP contribution in [0.15, 0.2) is 51.7 Å². The van der Waals surface area contributed by atoms with Crippen LogP contribution in [0.5, 0.6) is 11.5 Å². The summed E-state index contributed by atoms with van der Waals surface area (Å²) in [5.41, 5.74) is 0.953. The number of para-hydroxylation sites is 1. The predicted octanol–water partition coefficient (Wildman–Crippen LogP) is 5.62. The molecule has 2 aromatic carbocycles. The van der Waals surface area contributed by atoms with Crippen LogP contribution >= 0.6 is 11.6 Å². The SMILES string of the molecule is CC(C)COc1ccc(-c2cc(=O)c3cccc(Cl)c3o2)c(OCCN2CCCC2)c1. The van der Waals surface area contributed by atoms with Crippen molar-refractivity contribution in [2.45, 2.75) is 26.7 Å². The Bertz CT molecular complexity index is 1100. The average Bonchev–Trinajstić information content (AvgIpc) is 3.26. The lowest BCUT2D eigenvalue weighted by Gasteiger charge is -2.17. The van der Waals surface area contributed by atoms with Crippen molar-refractivity contribution in [3.8, 4) is 22.8 Å². The fourth-order valence-corrected chi connectivity index (χ4v) is 3.96. The third-order valence-electron chi connectivity index (χ3n) is 5.37. The molecule has 0 spiro atoms. The first-order valence-electron chi connectivity index (χ1n) is 10.9. The van der Waals surface area contributed by atoms with Gasteiger partial charge in [0.15, 0.2) is 11.0 Å². The van der Waals surface area contributed by atoms with Gasteiger partial charge in [-0.25, -0.2) is 0 Å². The first-order chi connectivity index (χ1) is 15.0. The maximum atomic E-state index is 12.7. The van der Waals surface area contributed by atoms with Crippen molar-refractivity contribution >= 4 is 22.6 Å². The molecule has 1 aliphatic heterocycles. The lowest BCUT2D eigenvalue weighted by molar-refractivity contribution is 0.235. The summed E-state index contributed by atoms with van der Waals surface area (Å²) in [6.07, 6.45) is 2.49. The topological polar surface area (TPSA) is 51.9 Å². The van der Waals surface area contributed by atoms with Gasteiger partial charge in [0.2, 0.25) is 0 Å². The number of halogens is 1. The van der Waals surface area contributed by atoms with E-state index < -0.39 is 0 Å². The van der Waals surface area contributed by atoms with Crippen molar-refractivity contribution < 1.29 is 13.9 Å². The first kappa shape index (κ1) is 21.7. The summed E-state index contributed by atoms with van der Waals surface area (Å²) in [6.45, 7) is 8.48. The van der Waals surface area contributed by atoms with Crippen LogP contribution in [0.25, 0.3) is 22.3 Å². The summed E-state index contributed by atoms with van der Waals surface area (Å²) in [4.78, 5) is 15.1. The smallest absolute Gasteiger partial charge is 0.193 e. The molecule has 2 heterocycles. The van der Waals surface area contributed by atoms with Gasteiger partial charge < -0.3 is 13.9 Å². The molecule has 0 N–H and O–H groups in total. The molecule has 0 bridgehead atoms. The summed E-state index contributed by atoms with van der Waals surface area (Å²) < 4.78 is 18.1. The fourth-order valence-electron chi connectivity index (χ4n) is 3.74. The molecule has 0 saturated carbocycles. The maximum Gasteiger partial charge on any atom is 0.193 e. The molecule has 3 aromatic rings. The Labute approximate surface area is 187 Å². The van der Waals surface area contributed by atoms with Crippen molar-refractivity contribution in [1.82, 2.24) is 4.90 Å². The number of nitrogens with zero attached hydrogens (tertiary/aromatic N) is 1. The second-order valence-electron chi connectivity index (χ2n) is 8.35. The molecule has 1 aliphatic rings. The largest absolute Gasteiger partial charge is 0.493 e. The maximum absolute atomic E-state index is 12.7. The Balaban J connectivity index is 1.67. The number of hydrogen-bond donors (Lipinski definition) is 0. The molecule has 0 atom stereocenters. The molecule has 1 fully saturated rings. The minimum absolute atomic E-state index is 0.137. The molecule has 4 rings (SSSR count). The Morgan fingerprint density at radius 1 is 1.10 bits per heavy atom. The Kier molecular flexibility index (Phi) is 6.83. The highest BCUT2D eigenvalue weighted by Gasteiger charge is 2.16. The number of fused-ring (bicyclic) bond motifs is 1. The van der Waals surface area contributed by atoms with E-state index in [1.54, 1.807) is 18.2 Å². The minimum atomic E-state index is -0.137. The van der Waals surface area contributed by atoms with Crippen LogP contribution in [0.1, 0.15) is 26.7 Å². The van der Waals surface area contributed by atoms with Crippen LogP contribution < -0.4 is 14.9 Å². The van der Waals surface area contributed by atoms with E-state index in [4.69, 9.17) is 25.5 Å². The zero-order valence-corrected chi connectivity index (χ0v) is 18.8. The summed E-state index contributed by atoms with van der Waals surface area (Å²) >= 11 is 6.29. The molecule has 0 aliphatic carbocycles. The molecule has 164 valence electrons. The molecule has 31 heavy (non-hydrogen) atoms. The normalized spacial score (nSPS) is 14.5. The molecule has 1 saturated heterocycles.